The average molecular weight is 340 g/mol. The van der Waals surface area contributed by atoms with Crippen LogP contribution in [-0.2, 0) is 0 Å². The third-order valence-electron chi connectivity index (χ3n) is 2.40. The van der Waals surface area contributed by atoms with Crippen LogP contribution in [0, 0.1) is 6.92 Å². The number of nitrogens with zero attached hydrogens (tertiary/aromatic N) is 1. The van der Waals surface area contributed by atoms with Crippen LogP contribution in [0.3, 0.4) is 0 Å². The number of phenols is 1. The molecule has 1 aromatic rings. The first-order chi connectivity index (χ1) is 8.74. The minimum atomic E-state index is -4.47. The van der Waals surface area contributed by atoms with Gasteiger partial charge in [-0.1, -0.05) is 22.0 Å². The molecule has 1 aromatic carbocycles. The Morgan fingerprint density at radius 1 is 1.42 bits per heavy atom. The molecule has 0 spiro atoms. The van der Waals surface area contributed by atoms with Crippen molar-refractivity contribution in [3.8, 4) is 5.75 Å². The van der Waals surface area contributed by atoms with Crippen molar-refractivity contribution in [1.82, 2.24) is 4.90 Å². The molecule has 0 heterocycles. The lowest BCUT2D eigenvalue weighted by molar-refractivity contribution is -0.140. The Hall–Kier alpha value is -1.24. The Morgan fingerprint density at radius 3 is 2.53 bits per heavy atom. The molecule has 3 nitrogen and oxygen atoms in total. The molecule has 0 aliphatic heterocycles. The van der Waals surface area contributed by atoms with Crippen molar-refractivity contribution < 1.29 is 23.1 Å². The maximum Gasteiger partial charge on any atom is 0.406 e. The van der Waals surface area contributed by atoms with Gasteiger partial charge in [0.2, 0.25) is 0 Å². The largest absolute Gasteiger partial charge is 0.507 e. The van der Waals surface area contributed by atoms with Gasteiger partial charge in [0.25, 0.3) is 5.91 Å². The lowest BCUT2D eigenvalue weighted by Gasteiger charge is -2.23. The first-order valence-electron chi connectivity index (χ1n) is 5.46. The van der Waals surface area contributed by atoms with E-state index in [0.717, 1.165) is 5.56 Å². The molecule has 0 aromatic heterocycles. The summed E-state index contributed by atoms with van der Waals surface area (Å²) < 4.78 is 37.2. The molecule has 0 saturated heterocycles. The Labute approximate surface area is 117 Å². The second-order valence-corrected chi connectivity index (χ2v) is 4.84. The van der Waals surface area contributed by atoms with Gasteiger partial charge in [-0.2, -0.15) is 13.2 Å². The summed E-state index contributed by atoms with van der Waals surface area (Å²) in [5, 5.41) is 9.86. The predicted octanol–water partition coefficient (Wildman–Crippen LogP) is 3.10. The number of amides is 1. The first kappa shape index (κ1) is 15.8. The lowest BCUT2D eigenvalue weighted by atomic mass is 10.1. The van der Waals surface area contributed by atoms with Crippen LogP contribution in [-0.4, -0.2) is 40.5 Å². The van der Waals surface area contributed by atoms with Crippen molar-refractivity contribution in [2.45, 2.75) is 13.1 Å². The molecule has 0 atom stereocenters. The number of carbonyl (C=O) groups excluding carboxylic acids is 1. The molecule has 0 radical (unpaired) electrons. The monoisotopic (exact) mass is 339 g/mol. The van der Waals surface area contributed by atoms with E-state index in [2.05, 4.69) is 15.9 Å². The number of rotatable bonds is 4. The van der Waals surface area contributed by atoms with Crippen LogP contribution in [0.4, 0.5) is 13.2 Å². The van der Waals surface area contributed by atoms with E-state index in [4.69, 9.17) is 0 Å². The van der Waals surface area contributed by atoms with E-state index in [1.54, 1.807) is 13.0 Å². The van der Waals surface area contributed by atoms with E-state index in [9.17, 15) is 23.1 Å². The topological polar surface area (TPSA) is 40.5 Å². The maximum atomic E-state index is 12.4. The van der Waals surface area contributed by atoms with Gasteiger partial charge in [-0.05, 0) is 24.6 Å². The maximum absolute atomic E-state index is 12.4. The Bertz CT molecular complexity index is 463. The highest BCUT2D eigenvalue weighted by Gasteiger charge is 2.33. The molecule has 0 aliphatic carbocycles. The second-order valence-electron chi connectivity index (χ2n) is 4.05. The number of benzene rings is 1. The van der Waals surface area contributed by atoms with Crippen molar-refractivity contribution in [3.63, 3.8) is 0 Å². The smallest absolute Gasteiger partial charge is 0.406 e. The molecular weight excluding hydrogens is 327 g/mol. The van der Waals surface area contributed by atoms with Crippen LogP contribution in [0.1, 0.15) is 15.9 Å². The van der Waals surface area contributed by atoms with Crippen LogP contribution in [0.25, 0.3) is 0 Å². The number of phenolic OH excluding ortho intramolecular Hbond substituents is 1. The Balaban J connectivity index is 2.99. The molecule has 1 rings (SSSR count). The number of hydrogen-bond donors (Lipinski definition) is 1. The van der Waals surface area contributed by atoms with E-state index in [-0.39, 0.29) is 23.2 Å². The number of aromatic hydroxyl groups is 1. The van der Waals surface area contributed by atoms with E-state index >= 15 is 0 Å². The summed E-state index contributed by atoms with van der Waals surface area (Å²) in [7, 11) is 0. The minimum Gasteiger partial charge on any atom is -0.507 e. The highest BCUT2D eigenvalue weighted by Crippen LogP contribution is 2.23. The van der Waals surface area contributed by atoms with Crippen molar-refractivity contribution in [2.75, 3.05) is 18.4 Å². The summed E-state index contributed by atoms with van der Waals surface area (Å²) in [6, 6.07) is 4.23. The van der Waals surface area contributed by atoms with Gasteiger partial charge in [-0.15, -0.1) is 0 Å². The molecule has 0 bridgehead atoms. The van der Waals surface area contributed by atoms with Crippen LogP contribution in [0.5, 0.6) is 5.75 Å². The van der Waals surface area contributed by atoms with Gasteiger partial charge in [0, 0.05) is 11.9 Å². The van der Waals surface area contributed by atoms with E-state index < -0.39 is 18.6 Å². The molecule has 0 unspecified atom stereocenters. The van der Waals surface area contributed by atoms with Crippen LogP contribution < -0.4 is 0 Å². The molecule has 7 heteroatoms. The van der Waals surface area contributed by atoms with Crippen LogP contribution in [0.2, 0.25) is 0 Å². The quantitative estimate of drug-likeness (QED) is 0.856. The highest BCUT2D eigenvalue weighted by molar-refractivity contribution is 9.09. The highest BCUT2D eigenvalue weighted by atomic mass is 79.9. The number of alkyl halides is 4. The van der Waals surface area contributed by atoms with E-state index in [0.29, 0.717) is 4.90 Å². The summed E-state index contributed by atoms with van der Waals surface area (Å²) >= 11 is 3.00. The zero-order chi connectivity index (χ0) is 14.6. The summed E-state index contributed by atoms with van der Waals surface area (Å²) in [6.45, 7) is 0.274. The van der Waals surface area contributed by atoms with Gasteiger partial charge >= 0.3 is 6.18 Å². The molecule has 0 fully saturated rings. The lowest BCUT2D eigenvalue weighted by Crippen LogP contribution is -2.40. The zero-order valence-corrected chi connectivity index (χ0v) is 11.8. The van der Waals surface area contributed by atoms with Gasteiger partial charge in [0.05, 0.1) is 5.56 Å². The minimum absolute atomic E-state index is 0.0916. The fourth-order valence-electron chi connectivity index (χ4n) is 1.56. The van der Waals surface area contributed by atoms with Gasteiger partial charge in [-0.25, -0.2) is 0 Å². The molecular formula is C12H13BrF3NO2. The van der Waals surface area contributed by atoms with Crippen molar-refractivity contribution >= 4 is 21.8 Å². The number of halogens is 4. The normalized spacial score (nSPS) is 11.4. The van der Waals surface area contributed by atoms with Crippen molar-refractivity contribution in [3.05, 3.63) is 29.3 Å². The van der Waals surface area contributed by atoms with Gasteiger partial charge in [0.1, 0.15) is 12.3 Å². The third-order valence-corrected chi connectivity index (χ3v) is 2.75. The van der Waals surface area contributed by atoms with Crippen molar-refractivity contribution in [2.24, 2.45) is 0 Å². The number of aryl methyl sites for hydroxylation is 1. The summed E-state index contributed by atoms with van der Waals surface area (Å²) in [5.74, 6) is -1.15. The Kier molecular flexibility index (Phi) is 5.22. The summed E-state index contributed by atoms with van der Waals surface area (Å²) in [4.78, 5) is 12.6. The zero-order valence-electron chi connectivity index (χ0n) is 10.2. The molecule has 106 valence electrons. The predicted molar refractivity (Wildman–Crippen MR) is 68.6 cm³/mol. The molecule has 0 saturated carbocycles. The van der Waals surface area contributed by atoms with E-state index in [1.807, 2.05) is 0 Å². The molecule has 1 amide bonds. The number of hydrogen-bond acceptors (Lipinski definition) is 2. The molecule has 1 N–H and O–H groups in total. The molecule has 19 heavy (non-hydrogen) atoms. The standard InChI is InChI=1S/C12H13BrF3NO2/c1-8-2-3-9(10(18)6-8)11(19)17(5-4-13)7-12(14,15)16/h2-3,6,18H,4-5,7H2,1H3. The summed E-state index contributed by atoms with van der Waals surface area (Å²) in [5.41, 5.74) is 0.590. The van der Waals surface area contributed by atoms with Gasteiger partial charge < -0.3 is 10.0 Å². The summed E-state index contributed by atoms with van der Waals surface area (Å²) in [6.07, 6.45) is -4.47. The van der Waals surface area contributed by atoms with Crippen LogP contribution in [0.15, 0.2) is 18.2 Å². The SMILES string of the molecule is Cc1ccc(C(=O)N(CCBr)CC(F)(F)F)c(O)c1. The molecule has 0 aliphatic rings. The van der Waals surface area contributed by atoms with Crippen LogP contribution >= 0.6 is 15.9 Å². The van der Waals surface area contributed by atoms with Crippen molar-refractivity contribution in [1.29, 1.82) is 0 Å². The first-order valence-corrected chi connectivity index (χ1v) is 6.58. The Morgan fingerprint density at radius 2 is 2.05 bits per heavy atom. The average Bonchev–Trinajstić information content (AvgIpc) is 2.26. The van der Waals surface area contributed by atoms with E-state index in [1.165, 1.54) is 12.1 Å². The fraction of sp³-hybridized carbons (Fsp3) is 0.417. The third kappa shape index (κ3) is 4.74. The number of carbonyl (C=O) groups is 1. The fourth-order valence-corrected chi connectivity index (χ4v) is 1.99. The van der Waals surface area contributed by atoms with Gasteiger partial charge in [-0.3, -0.25) is 4.79 Å². The second kappa shape index (κ2) is 6.27. The van der Waals surface area contributed by atoms with Gasteiger partial charge in [0.15, 0.2) is 0 Å².